The molecule has 0 saturated heterocycles. The standard InChI is InChI=1S/C26H24ClN5O2S/c1-16-5-4-6-19(15-16)24-30-31-26(32(24)23-13-7-20(27)8-14-23)35-17(2)25(34)29-22-11-9-21(10-12-22)28-18(3)33/h4-15,17H,1-3H3,(H,28,33)(H,29,34)/t17-/m1/s1. The molecular weight excluding hydrogens is 482 g/mol. The van der Waals surface area contributed by atoms with Gasteiger partial charge in [-0.05, 0) is 68.4 Å². The second-order valence-electron chi connectivity index (χ2n) is 8.00. The number of amides is 2. The summed E-state index contributed by atoms with van der Waals surface area (Å²) in [5, 5.41) is 15.2. The molecule has 2 N–H and O–H groups in total. The van der Waals surface area contributed by atoms with E-state index in [0.29, 0.717) is 27.4 Å². The highest BCUT2D eigenvalue weighted by Crippen LogP contribution is 2.31. The lowest BCUT2D eigenvalue weighted by molar-refractivity contribution is -0.115. The predicted molar refractivity (Wildman–Crippen MR) is 141 cm³/mol. The van der Waals surface area contributed by atoms with E-state index in [0.717, 1.165) is 16.8 Å². The average Bonchev–Trinajstić information content (AvgIpc) is 3.24. The van der Waals surface area contributed by atoms with Gasteiger partial charge in [-0.2, -0.15) is 0 Å². The summed E-state index contributed by atoms with van der Waals surface area (Å²) in [6, 6.07) is 22.4. The first-order valence-electron chi connectivity index (χ1n) is 10.9. The summed E-state index contributed by atoms with van der Waals surface area (Å²) in [5.74, 6) is 0.353. The van der Waals surface area contributed by atoms with E-state index in [-0.39, 0.29) is 11.8 Å². The lowest BCUT2D eigenvalue weighted by atomic mass is 10.1. The van der Waals surface area contributed by atoms with Gasteiger partial charge in [0.1, 0.15) is 0 Å². The molecule has 35 heavy (non-hydrogen) atoms. The molecule has 0 unspecified atom stereocenters. The molecule has 0 aliphatic carbocycles. The van der Waals surface area contributed by atoms with Crippen molar-refractivity contribution in [1.82, 2.24) is 14.8 Å². The fourth-order valence-corrected chi connectivity index (χ4v) is 4.43. The van der Waals surface area contributed by atoms with Crippen molar-refractivity contribution in [3.05, 3.63) is 83.4 Å². The molecule has 0 radical (unpaired) electrons. The van der Waals surface area contributed by atoms with Crippen molar-refractivity contribution in [3.8, 4) is 17.1 Å². The van der Waals surface area contributed by atoms with Crippen LogP contribution in [0.3, 0.4) is 0 Å². The molecule has 1 heterocycles. The van der Waals surface area contributed by atoms with E-state index in [9.17, 15) is 9.59 Å². The Morgan fingerprint density at radius 1 is 0.943 bits per heavy atom. The van der Waals surface area contributed by atoms with E-state index in [2.05, 4.69) is 20.8 Å². The van der Waals surface area contributed by atoms with Crippen LogP contribution in [0.15, 0.2) is 78.0 Å². The van der Waals surface area contributed by atoms with Gasteiger partial charge in [-0.15, -0.1) is 10.2 Å². The third kappa shape index (κ3) is 6.09. The maximum absolute atomic E-state index is 12.9. The van der Waals surface area contributed by atoms with Crippen molar-refractivity contribution in [1.29, 1.82) is 0 Å². The maximum atomic E-state index is 12.9. The van der Waals surface area contributed by atoms with Crippen LogP contribution < -0.4 is 10.6 Å². The van der Waals surface area contributed by atoms with Crippen molar-refractivity contribution in [3.63, 3.8) is 0 Å². The SMILES string of the molecule is CC(=O)Nc1ccc(NC(=O)[C@@H](C)Sc2nnc(-c3cccc(C)c3)n2-c2ccc(Cl)cc2)cc1. The monoisotopic (exact) mass is 505 g/mol. The van der Waals surface area contributed by atoms with Crippen LogP contribution in [0.1, 0.15) is 19.4 Å². The topological polar surface area (TPSA) is 88.9 Å². The van der Waals surface area contributed by atoms with E-state index < -0.39 is 5.25 Å². The minimum Gasteiger partial charge on any atom is -0.326 e. The number of benzene rings is 3. The van der Waals surface area contributed by atoms with E-state index in [1.54, 1.807) is 24.3 Å². The highest BCUT2D eigenvalue weighted by molar-refractivity contribution is 8.00. The molecule has 7 nitrogen and oxygen atoms in total. The van der Waals surface area contributed by atoms with Crippen molar-refractivity contribution in [2.24, 2.45) is 0 Å². The number of carbonyl (C=O) groups is 2. The van der Waals surface area contributed by atoms with Crippen LogP contribution in [0.4, 0.5) is 11.4 Å². The number of aryl methyl sites for hydroxylation is 1. The zero-order valence-electron chi connectivity index (χ0n) is 19.4. The van der Waals surface area contributed by atoms with Gasteiger partial charge < -0.3 is 10.6 Å². The van der Waals surface area contributed by atoms with E-state index in [4.69, 9.17) is 11.6 Å². The number of thioether (sulfide) groups is 1. The molecular formula is C26H24ClN5O2S. The number of aromatic nitrogens is 3. The van der Waals surface area contributed by atoms with Crippen LogP contribution in [0.25, 0.3) is 17.1 Å². The zero-order chi connectivity index (χ0) is 24.9. The largest absolute Gasteiger partial charge is 0.326 e. The van der Waals surface area contributed by atoms with E-state index in [1.807, 2.05) is 66.9 Å². The highest BCUT2D eigenvalue weighted by Gasteiger charge is 2.22. The van der Waals surface area contributed by atoms with Gasteiger partial charge in [0, 0.05) is 34.6 Å². The molecule has 4 rings (SSSR count). The molecule has 0 saturated carbocycles. The van der Waals surface area contributed by atoms with Gasteiger partial charge in [0.05, 0.1) is 5.25 Å². The Kier molecular flexibility index (Phi) is 7.53. The minimum atomic E-state index is -0.453. The Morgan fingerprint density at radius 3 is 2.23 bits per heavy atom. The smallest absolute Gasteiger partial charge is 0.237 e. The summed E-state index contributed by atoms with van der Waals surface area (Å²) < 4.78 is 1.93. The normalized spacial score (nSPS) is 11.7. The molecule has 2 amide bonds. The first kappa shape index (κ1) is 24.5. The van der Waals surface area contributed by atoms with Gasteiger partial charge in [0.15, 0.2) is 11.0 Å². The van der Waals surface area contributed by atoms with Crippen molar-refractivity contribution in [2.75, 3.05) is 10.6 Å². The zero-order valence-corrected chi connectivity index (χ0v) is 21.0. The average molecular weight is 506 g/mol. The van der Waals surface area contributed by atoms with Crippen LogP contribution in [0.5, 0.6) is 0 Å². The lowest BCUT2D eigenvalue weighted by Gasteiger charge is -2.14. The van der Waals surface area contributed by atoms with Crippen LogP contribution in [0, 0.1) is 6.92 Å². The molecule has 0 fully saturated rings. The molecule has 1 atom stereocenters. The number of carbonyl (C=O) groups excluding carboxylic acids is 2. The molecule has 0 bridgehead atoms. The Morgan fingerprint density at radius 2 is 1.60 bits per heavy atom. The molecule has 3 aromatic carbocycles. The van der Waals surface area contributed by atoms with E-state index in [1.165, 1.54) is 18.7 Å². The first-order valence-corrected chi connectivity index (χ1v) is 12.2. The van der Waals surface area contributed by atoms with Gasteiger partial charge >= 0.3 is 0 Å². The molecule has 178 valence electrons. The van der Waals surface area contributed by atoms with Crippen LogP contribution >= 0.6 is 23.4 Å². The van der Waals surface area contributed by atoms with Crippen molar-refractivity contribution >= 4 is 46.6 Å². The molecule has 0 aliphatic heterocycles. The molecule has 4 aromatic rings. The summed E-state index contributed by atoms with van der Waals surface area (Å²) in [7, 11) is 0. The summed E-state index contributed by atoms with van der Waals surface area (Å²) in [5.41, 5.74) is 4.18. The van der Waals surface area contributed by atoms with Gasteiger partial charge in [-0.3, -0.25) is 14.2 Å². The van der Waals surface area contributed by atoms with Crippen molar-refractivity contribution in [2.45, 2.75) is 31.2 Å². The third-order valence-corrected chi connectivity index (χ3v) is 6.41. The fraction of sp³-hybridized carbons (Fsp3) is 0.154. The summed E-state index contributed by atoms with van der Waals surface area (Å²) >= 11 is 7.42. The second kappa shape index (κ2) is 10.8. The number of halogens is 1. The third-order valence-electron chi connectivity index (χ3n) is 5.12. The number of nitrogens with one attached hydrogen (secondary N) is 2. The number of nitrogens with zero attached hydrogens (tertiary/aromatic N) is 3. The number of hydrogen-bond acceptors (Lipinski definition) is 5. The van der Waals surface area contributed by atoms with Crippen molar-refractivity contribution < 1.29 is 9.59 Å². The maximum Gasteiger partial charge on any atom is 0.237 e. The van der Waals surface area contributed by atoms with E-state index >= 15 is 0 Å². The van der Waals surface area contributed by atoms with Crippen LogP contribution in [-0.2, 0) is 9.59 Å². The Hall–Kier alpha value is -3.62. The van der Waals surface area contributed by atoms with Gasteiger partial charge in [-0.25, -0.2) is 0 Å². The Balaban J connectivity index is 1.57. The number of anilines is 2. The summed E-state index contributed by atoms with van der Waals surface area (Å²) in [6.07, 6.45) is 0. The van der Waals surface area contributed by atoms with Gasteiger partial charge in [-0.1, -0.05) is 47.1 Å². The predicted octanol–water partition coefficient (Wildman–Crippen LogP) is 5.97. The Labute approximate surface area is 212 Å². The second-order valence-corrected chi connectivity index (χ2v) is 9.74. The van der Waals surface area contributed by atoms with Crippen LogP contribution in [0.2, 0.25) is 5.02 Å². The number of hydrogen-bond donors (Lipinski definition) is 2. The molecule has 0 aliphatic rings. The van der Waals surface area contributed by atoms with Gasteiger partial charge in [0.2, 0.25) is 11.8 Å². The van der Waals surface area contributed by atoms with Gasteiger partial charge in [0.25, 0.3) is 0 Å². The summed E-state index contributed by atoms with van der Waals surface area (Å²) in [6.45, 7) is 5.29. The highest BCUT2D eigenvalue weighted by atomic mass is 35.5. The molecule has 9 heteroatoms. The quantitative estimate of drug-likeness (QED) is 0.302. The number of rotatable bonds is 7. The minimum absolute atomic E-state index is 0.151. The Bertz CT molecular complexity index is 1350. The fourth-order valence-electron chi connectivity index (χ4n) is 3.44. The first-order chi connectivity index (χ1) is 16.8. The lowest BCUT2D eigenvalue weighted by Crippen LogP contribution is -2.23. The summed E-state index contributed by atoms with van der Waals surface area (Å²) in [4.78, 5) is 24.1. The van der Waals surface area contributed by atoms with Crippen LogP contribution in [-0.4, -0.2) is 31.8 Å². The molecule has 0 spiro atoms. The molecule has 1 aromatic heterocycles.